The first-order chi connectivity index (χ1) is 15.8. The van der Waals surface area contributed by atoms with Crippen molar-refractivity contribution in [2.75, 3.05) is 11.9 Å². The molecule has 0 aliphatic heterocycles. The summed E-state index contributed by atoms with van der Waals surface area (Å²) >= 11 is 0. The fraction of sp³-hybridized carbons (Fsp3) is 0.440. The molecule has 0 aromatic heterocycles. The van der Waals surface area contributed by atoms with Crippen molar-refractivity contribution >= 4 is 27.6 Å². The van der Waals surface area contributed by atoms with Gasteiger partial charge < -0.3 is 16.4 Å². The molecule has 8 nitrogen and oxygen atoms in total. The maximum atomic E-state index is 13.3. The summed E-state index contributed by atoms with van der Waals surface area (Å²) in [6, 6.07) is 11.0. The second-order valence-corrected chi connectivity index (χ2v) is 11.0. The maximum absolute atomic E-state index is 13.3. The van der Waals surface area contributed by atoms with Crippen molar-refractivity contribution in [1.29, 1.82) is 5.41 Å². The van der Waals surface area contributed by atoms with Crippen LogP contribution in [0.15, 0.2) is 41.3 Å². The molecule has 2 rings (SSSR count). The highest BCUT2D eigenvalue weighted by Gasteiger charge is 2.27. The molecule has 0 unspecified atom stereocenters. The van der Waals surface area contributed by atoms with Crippen LogP contribution in [0.3, 0.4) is 0 Å². The van der Waals surface area contributed by atoms with E-state index in [2.05, 4.69) is 29.2 Å². The predicted molar refractivity (Wildman–Crippen MR) is 138 cm³/mol. The molecule has 186 valence electrons. The Hall–Kier alpha value is -2.91. The Morgan fingerprint density at radius 1 is 0.941 bits per heavy atom. The standard InChI is InChI=1S/C25H37N5O3S/c1-15(2)19-11-21(16(3)4)24(22(12-19)17(5)6)34(32,33)29-14-23(31)28-13-18-7-9-20(10-8-18)30-25(26)27/h7-12,15-17,29H,13-14H2,1-6H3,(H,28,31)(H4,26,27,30). The summed E-state index contributed by atoms with van der Waals surface area (Å²) in [6.07, 6.45) is 0. The largest absolute Gasteiger partial charge is 0.370 e. The number of rotatable bonds is 10. The number of benzene rings is 2. The number of carbonyl (C=O) groups is 1. The molecule has 1 amide bonds. The van der Waals surface area contributed by atoms with E-state index in [0.29, 0.717) is 5.69 Å². The zero-order valence-corrected chi connectivity index (χ0v) is 21.6. The highest BCUT2D eigenvalue weighted by atomic mass is 32.2. The number of carbonyl (C=O) groups excluding carboxylic acids is 1. The van der Waals surface area contributed by atoms with Crippen LogP contribution in [0.1, 0.15) is 81.5 Å². The molecule has 0 saturated carbocycles. The SMILES string of the molecule is CC(C)c1cc(C(C)C)c(S(=O)(=O)NCC(=O)NCc2ccc(NC(=N)N)cc2)c(C(C)C)c1. The van der Waals surface area contributed by atoms with Crippen molar-refractivity contribution in [2.45, 2.75) is 70.7 Å². The Kier molecular flexibility index (Phi) is 9.23. The number of hydrogen-bond donors (Lipinski definition) is 5. The minimum atomic E-state index is -3.90. The summed E-state index contributed by atoms with van der Waals surface area (Å²) in [6.45, 7) is 12.0. The summed E-state index contributed by atoms with van der Waals surface area (Å²) in [7, 11) is -3.90. The third kappa shape index (κ3) is 7.30. The zero-order valence-electron chi connectivity index (χ0n) is 20.8. The molecule has 0 bridgehead atoms. The van der Waals surface area contributed by atoms with Gasteiger partial charge in [0.05, 0.1) is 11.4 Å². The van der Waals surface area contributed by atoms with E-state index in [1.54, 1.807) is 24.3 Å². The molecule has 0 spiro atoms. The van der Waals surface area contributed by atoms with Crippen LogP contribution in [0.25, 0.3) is 0 Å². The monoisotopic (exact) mass is 487 g/mol. The molecular formula is C25H37N5O3S. The fourth-order valence-corrected chi connectivity index (χ4v) is 5.23. The smallest absolute Gasteiger partial charge is 0.241 e. The summed E-state index contributed by atoms with van der Waals surface area (Å²) in [5.74, 6) is -0.286. The first kappa shape index (κ1) is 27.3. The lowest BCUT2D eigenvalue weighted by Crippen LogP contribution is -2.37. The van der Waals surface area contributed by atoms with Gasteiger partial charge in [-0.1, -0.05) is 65.8 Å². The summed E-state index contributed by atoms with van der Waals surface area (Å²) < 4.78 is 29.2. The number of hydrogen-bond acceptors (Lipinski definition) is 4. The number of nitrogens with one attached hydrogen (secondary N) is 4. The average molecular weight is 488 g/mol. The molecule has 0 aliphatic carbocycles. The predicted octanol–water partition coefficient (Wildman–Crippen LogP) is 3.96. The lowest BCUT2D eigenvalue weighted by atomic mass is 9.89. The van der Waals surface area contributed by atoms with Gasteiger partial charge in [-0.05, 0) is 52.1 Å². The van der Waals surface area contributed by atoms with Gasteiger partial charge in [0, 0.05) is 12.2 Å². The quantitative estimate of drug-likeness (QED) is 0.255. The van der Waals surface area contributed by atoms with Crippen molar-refractivity contribution in [1.82, 2.24) is 10.0 Å². The Labute approximate surface area is 203 Å². The molecule has 0 saturated heterocycles. The molecule has 2 aromatic carbocycles. The van der Waals surface area contributed by atoms with Crippen LogP contribution in [0, 0.1) is 5.41 Å². The minimum Gasteiger partial charge on any atom is -0.370 e. The molecule has 0 radical (unpaired) electrons. The molecule has 0 fully saturated rings. The van der Waals surface area contributed by atoms with Gasteiger partial charge in [-0.3, -0.25) is 10.2 Å². The van der Waals surface area contributed by atoms with E-state index in [4.69, 9.17) is 11.1 Å². The van der Waals surface area contributed by atoms with Gasteiger partial charge in [-0.15, -0.1) is 0 Å². The van der Waals surface area contributed by atoms with Gasteiger partial charge in [0.2, 0.25) is 15.9 Å². The van der Waals surface area contributed by atoms with Gasteiger partial charge in [-0.25, -0.2) is 13.1 Å². The van der Waals surface area contributed by atoms with Crippen molar-refractivity contribution in [3.05, 3.63) is 58.7 Å². The molecule has 2 aromatic rings. The van der Waals surface area contributed by atoms with Crippen LogP contribution in [0.2, 0.25) is 0 Å². The van der Waals surface area contributed by atoms with Crippen LogP contribution < -0.4 is 21.1 Å². The second-order valence-electron chi connectivity index (χ2n) is 9.33. The summed E-state index contributed by atoms with van der Waals surface area (Å²) in [4.78, 5) is 12.7. The lowest BCUT2D eigenvalue weighted by molar-refractivity contribution is -0.120. The van der Waals surface area contributed by atoms with Gasteiger partial charge in [0.15, 0.2) is 5.96 Å². The number of amides is 1. The Morgan fingerprint density at radius 3 is 1.91 bits per heavy atom. The number of guanidine groups is 1. The van der Waals surface area contributed by atoms with Gasteiger partial charge in [-0.2, -0.15) is 0 Å². The van der Waals surface area contributed by atoms with Crippen molar-refractivity contribution < 1.29 is 13.2 Å². The molecule has 0 atom stereocenters. The van der Waals surface area contributed by atoms with Crippen LogP contribution in [-0.2, 0) is 21.4 Å². The van der Waals surface area contributed by atoms with E-state index in [0.717, 1.165) is 22.3 Å². The Morgan fingerprint density at radius 2 is 1.47 bits per heavy atom. The average Bonchev–Trinajstić information content (AvgIpc) is 2.75. The van der Waals surface area contributed by atoms with Crippen molar-refractivity contribution in [3.63, 3.8) is 0 Å². The minimum absolute atomic E-state index is 0.0112. The highest BCUT2D eigenvalue weighted by Crippen LogP contribution is 2.34. The van der Waals surface area contributed by atoms with Crippen LogP contribution in [-0.4, -0.2) is 26.8 Å². The molecular weight excluding hydrogens is 450 g/mol. The van der Waals surface area contributed by atoms with E-state index >= 15 is 0 Å². The van der Waals surface area contributed by atoms with Crippen LogP contribution in [0.4, 0.5) is 5.69 Å². The first-order valence-electron chi connectivity index (χ1n) is 11.5. The van der Waals surface area contributed by atoms with E-state index in [-0.39, 0.29) is 41.7 Å². The van der Waals surface area contributed by atoms with Crippen molar-refractivity contribution in [3.8, 4) is 0 Å². The molecule has 0 heterocycles. The summed E-state index contributed by atoms with van der Waals surface area (Å²) in [5, 5.41) is 12.6. The number of nitrogens with two attached hydrogens (primary N) is 1. The zero-order chi connectivity index (χ0) is 25.6. The van der Waals surface area contributed by atoms with E-state index in [9.17, 15) is 13.2 Å². The molecule has 6 N–H and O–H groups in total. The van der Waals surface area contributed by atoms with Gasteiger partial charge in [0.1, 0.15) is 0 Å². The normalized spacial score (nSPS) is 11.8. The van der Waals surface area contributed by atoms with Crippen molar-refractivity contribution in [2.24, 2.45) is 5.73 Å². The topological polar surface area (TPSA) is 137 Å². The number of sulfonamides is 1. The molecule has 9 heteroatoms. The Balaban J connectivity index is 2.15. The van der Waals surface area contributed by atoms with E-state index in [1.165, 1.54) is 0 Å². The lowest BCUT2D eigenvalue weighted by Gasteiger charge is -2.23. The van der Waals surface area contributed by atoms with Crippen LogP contribution in [0.5, 0.6) is 0 Å². The second kappa shape index (κ2) is 11.5. The molecule has 0 aliphatic rings. The van der Waals surface area contributed by atoms with E-state index in [1.807, 2.05) is 39.8 Å². The Bertz CT molecular complexity index is 1090. The number of anilines is 1. The van der Waals surface area contributed by atoms with Gasteiger partial charge >= 0.3 is 0 Å². The first-order valence-corrected chi connectivity index (χ1v) is 12.9. The molecule has 34 heavy (non-hydrogen) atoms. The summed E-state index contributed by atoms with van der Waals surface area (Å²) in [5.41, 5.74) is 9.44. The fourth-order valence-electron chi connectivity index (χ4n) is 3.56. The van der Waals surface area contributed by atoms with Gasteiger partial charge in [0.25, 0.3) is 0 Å². The maximum Gasteiger partial charge on any atom is 0.241 e. The van der Waals surface area contributed by atoms with Crippen LogP contribution >= 0.6 is 0 Å². The third-order valence-electron chi connectivity index (χ3n) is 5.49. The third-order valence-corrected chi connectivity index (χ3v) is 7.03. The highest BCUT2D eigenvalue weighted by molar-refractivity contribution is 7.89. The van der Waals surface area contributed by atoms with E-state index < -0.39 is 15.9 Å².